The monoisotopic (exact) mass is 264 g/mol. The summed E-state index contributed by atoms with van der Waals surface area (Å²) >= 11 is 1.42. The van der Waals surface area contributed by atoms with Crippen molar-refractivity contribution in [2.75, 3.05) is 17.6 Å². The van der Waals surface area contributed by atoms with Gasteiger partial charge < -0.3 is 11.1 Å². The Kier molecular flexibility index (Phi) is 3.99. The van der Waals surface area contributed by atoms with Gasteiger partial charge in [0.25, 0.3) is 0 Å². The van der Waals surface area contributed by atoms with Crippen LogP contribution in [0.25, 0.3) is 10.2 Å². The van der Waals surface area contributed by atoms with Gasteiger partial charge in [0, 0.05) is 12.2 Å². The van der Waals surface area contributed by atoms with Crippen molar-refractivity contribution in [3.05, 3.63) is 18.2 Å². The molecular weight excluding hydrogens is 248 g/mol. The smallest absolute Gasteiger partial charge is 0.321 e. The Bertz CT molecular complexity index is 552. The second-order valence-electron chi connectivity index (χ2n) is 3.98. The molecule has 0 aliphatic rings. The maximum absolute atomic E-state index is 11.6. The molecule has 0 aliphatic carbocycles. The third kappa shape index (κ3) is 3.10. The molecular formula is C12H16N4OS. The number of nitrogens with zero attached hydrogens (tertiary/aromatic N) is 1. The molecule has 5 nitrogen and oxygen atoms in total. The van der Waals surface area contributed by atoms with Crippen LogP contribution >= 0.6 is 11.3 Å². The Hall–Kier alpha value is -1.82. The van der Waals surface area contributed by atoms with Gasteiger partial charge in [-0.2, -0.15) is 0 Å². The first-order chi connectivity index (χ1) is 8.69. The maximum Gasteiger partial charge on any atom is 0.321 e. The molecule has 96 valence electrons. The number of anilines is 2. The predicted octanol–water partition coefficient (Wildman–Crippen LogP) is 2.80. The summed E-state index contributed by atoms with van der Waals surface area (Å²) in [6.45, 7) is 2.76. The van der Waals surface area contributed by atoms with Crippen molar-refractivity contribution in [3.8, 4) is 0 Å². The number of nitrogens with two attached hydrogens (primary N) is 1. The van der Waals surface area contributed by atoms with E-state index in [0.717, 1.165) is 23.1 Å². The molecule has 0 bridgehead atoms. The molecule has 0 unspecified atom stereocenters. The number of fused-ring (bicyclic) bond motifs is 1. The number of unbranched alkanes of at least 4 members (excludes halogenated alkanes) is 1. The summed E-state index contributed by atoms with van der Waals surface area (Å²) in [7, 11) is 0. The Morgan fingerprint density at radius 2 is 2.33 bits per heavy atom. The van der Waals surface area contributed by atoms with Crippen molar-refractivity contribution in [3.63, 3.8) is 0 Å². The molecule has 2 rings (SSSR count). The van der Waals surface area contributed by atoms with E-state index in [-0.39, 0.29) is 6.03 Å². The fourth-order valence-electron chi connectivity index (χ4n) is 1.51. The molecule has 0 spiro atoms. The Labute approximate surface area is 109 Å². The molecule has 0 aliphatic heterocycles. The van der Waals surface area contributed by atoms with Crippen molar-refractivity contribution in [2.45, 2.75) is 19.8 Å². The third-order valence-corrected chi connectivity index (χ3v) is 3.38. The Balaban J connectivity index is 2.01. The number of nitrogen functional groups attached to an aromatic ring is 1. The van der Waals surface area contributed by atoms with Crippen molar-refractivity contribution in [1.82, 2.24) is 10.3 Å². The molecule has 4 N–H and O–H groups in total. The minimum atomic E-state index is -0.213. The number of carbonyl (C=O) groups excluding carboxylic acids is 1. The van der Waals surface area contributed by atoms with E-state index in [9.17, 15) is 4.79 Å². The molecule has 18 heavy (non-hydrogen) atoms. The molecule has 2 aromatic rings. The minimum Gasteiger partial charge on any atom is -0.399 e. The summed E-state index contributed by atoms with van der Waals surface area (Å²) < 4.78 is 0.971. The maximum atomic E-state index is 11.6. The number of benzene rings is 1. The van der Waals surface area contributed by atoms with E-state index >= 15 is 0 Å². The fraction of sp³-hybridized carbons (Fsp3) is 0.333. The van der Waals surface area contributed by atoms with E-state index in [1.165, 1.54) is 11.3 Å². The van der Waals surface area contributed by atoms with Gasteiger partial charge in [0.15, 0.2) is 5.13 Å². The summed E-state index contributed by atoms with van der Waals surface area (Å²) in [5.74, 6) is 0. The van der Waals surface area contributed by atoms with Crippen molar-refractivity contribution < 1.29 is 4.79 Å². The number of rotatable bonds is 4. The van der Waals surface area contributed by atoms with Gasteiger partial charge in [-0.1, -0.05) is 24.7 Å². The lowest BCUT2D eigenvalue weighted by Gasteiger charge is -2.03. The van der Waals surface area contributed by atoms with Crippen LogP contribution in [0.4, 0.5) is 15.6 Å². The van der Waals surface area contributed by atoms with Crippen LogP contribution in [-0.4, -0.2) is 17.6 Å². The van der Waals surface area contributed by atoms with E-state index < -0.39 is 0 Å². The predicted molar refractivity (Wildman–Crippen MR) is 76.0 cm³/mol. The van der Waals surface area contributed by atoms with Crippen LogP contribution in [0, 0.1) is 0 Å². The van der Waals surface area contributed by atoms with Crippen LogP contribution in [0.1, 0.15) is 19.8 Å². The number of amides is 2. The second kappa shape index (κ2) is 5.68. The first kappa shape index (κ1) is 12.6. The van der Waals surface area contributed by atoms with E-state index in [2.05, 4.69) is 22.5 Å². The average Bonchev–Trinajstić information content (AvgIpc) is 2.70. The molecule has 0 atom stereocenters. The summed E-state index contributed by atoms with van der Waals surface area (Å²) in [5, 5.41) is 6.09. The fourth-order valence-corrected chi connectivity index (χ4v) is 2.42. The Morgan fingerprint density at radius 1 is 1.50 bits per heavy atom. The van der Waals surface area contributed by atoms with Gasteiger partial charge in [0.1, 0.15) is 0 Å². The van der Waals surface area contributed by atoms with Crippen LogP contribution < -0.4 is 16.4 Å². The molecule has 0 saturated carbocycles. The summed E-state index contributed by atoms with van der Waals surface area (Å²) in [4.78, 5) is 15.9. The van der Waals surface area contributed by atoms with Gasteiger partial charge in [-0.05, 0) is 24.6 Å². The number of carbonyl (C=O) groups is 1. The number of thiazole rings is 1. The SMILES string of the molecule is CCCCNC(=O)Nc1nc2ccc(N)cc2s1. The lowest BCUT2D eigenvalue weighted by molar-refractivity contribution is 0.252. The summed E-state index contributed by atoms with van der Waals surface area (Å²) in [6.07, 6.45) is 2.03. The van der Waals surface area contributed by atoms with E-state index in [4.69, 9.17) is 5.73 Å². The number of hydrogen-bond donors (Lipinski definition) is 3. The normalized spacial score (nSPS) is 10.5. The molecule has 2 amide bonds. The zero-order valence-corrected chi connectivity index (χ0v) is 11.0. The van der Waals surface area contributed by atoms with Gasteiger partial charge in [0.2, 0.25) is 0 Å². The van der Waals surface area contributed by atoms with Crippen LogP contribution in [0.15, 0.2) is 18.2 Å². The highest BCUT2D eigenvalue weighted by atomic mass is 32.1. The minimum absolute atomic E-state index is 0.213. The second-order valence-corrected chi connectivity index (χ2v) is 5.01. The third-order valence-electron chi connectivity index (χ3n) is 2.45. The average molecular weight is 264 g/mol. The summed E-state index contributed by atoms with van der Waals surface area (Å²) in [5.41, 5.74) is 7.24. The molecule has 6 heteroatoms. The topological polar surface area (TPSA) is 80.0 Å². The molecule has 1 aromatic heterocycles. The Morgan fingerprint density at radius 3 is 3.11 bits per heavy atom. The highest BCUT2D eigenvalue weighted by molar-refractivity contribution is 7.22. The first-order valence-corrected chi connectivity index (χ1v) is 6.71. The lowest BCUT2D eigenvalue weighted by Crippen LogP contribution is -2.29. The van der Waals surface area contributed by atoms with Crippen molar-refractivity contribution in [2.24, 2.45) is 0 Å². The number of hydrogen-bond acceptors (Lipinski definition) is 4. The van der Waals surface area contributed by atoms with Crippen LogP contribution in [0.3, 0.4) is 0 Å². The molecule has 0 radical (unpaired) electrons. The number of aromatic nitrogens is 1. The summed E-state index contributed by atoms with van der Waals surface area (Å²) in [6, 6.07) is 5.29. The number of urea groups is 1. The van der Waals surface area contributed by atoms with E-state index in [0.29, 0.717) is 17.4 Å². The highest BCUT2D eigenvalue weighted by Gasteiger charge is 2.07. The van der Waals surface area contributed by atoms with E-state index in [1.54, 1.807) is 6.07 Å². The molecule has 0 fully saturated rings. The standard InChI is InChI=1S/C12H16N4OS/c1-2-3-6-14-11(17)16-12-15-9-5-4-8(13)7-10(9)18-12/h4-5,7H,2-3,6,13H2,1H3,(H2,14,15,16,17). The molecule has 0 saturated heterocycles. The number of nitrogens with one attached hydrogen (secondary N) is 2. The lowest BCUT2D eigenvalue weighted by atomic mass is 10.3. The van der Waals surface area contributed by atoms with Crippen LogP contribution in [0.5, 0.6) is 0 Å². The zero-order valence-electron chi connectivity index (χ0n) is 10.2. The largest absolute Gasteiger partial charge is 0.399 e. The highest BCUT2D eigenvalue weighted by Crippen LogP contribution is 2.27. The van der Waals surface area contributed by atoms with Crippen molar-refractivity contribution >= 4 is 38.4 Å². The first-order valence-electron chi connectivity index (χ1n) is 5.90. The van der Waals surface area contributed by atoms with Crippen LogP contribution in [-0.2, 0) is 0 Å². The van der Waals surface area contributed by atoms with Crippen LogP contribution in [0.2, 0.25) is 0 Å². The quantitative estimate of drug-likeness (QED) is 0.586. The molecule has 1 aromatic carbocycles. The van der Waals surface area contributed by atoms with E-state index in [1.807, 2.05) is 12.1 Å². The van der Waals surface area contributed by atoms with Gasteiger partial charge in [-0.25, -0.2) is 9.78 Å². The van der Waals surface area contributed by atoms with Gasteiger partial charge in [-0.3, -0.25) is 5.32 Å². The van der Waals surface area contributed by atoms with Gasteiger partial charge in [0.05, 0.1) is 10.2 Å². The molecule has 1 heterocycles. The zero-order chi connectivity index (χ0) is 13.0. The van der Waals surface area contributed by atoms with Crippen molar-refractivity contribution in [1.29, 1.82) is 0 Å². The van der Waals surface area contributed by atoms with Gasteiger partial charge in [-0.15, -0.1) is 0 Å². The van der Waals surface area contributed by atoms with Gasteiger partial charge >= 0.3 is 6.03 Å².